The Labute approximate surface area is 108 Å². The average molecular weight is 254 g/mol. The van der Waals surface area contributed by atoms with E-state index in [0.29, 0.717) is 11.1 Å². The highest BCUT2D eigenvalue weighted by Crippen LogP contribution is 2.37. The van der Waals surface area contributed by atoms with Crippen LogP contribution in [0.2, 0.25) is 5.02 Å². The number of rotatable bonds is 4. The SMILES string of the molecule is CC(O)c1ccc(N(C)C(C)C2CC2)cc1Cl. The standard InChI is InChI=1S/C14H20ClNO/c1-9(11-4-5-11)16(3)12-6-7-13(10(2)17)14(15)8-12/h6-11,17H,4-5H2,1-3H3. The van der Waals surface area contributed by atoms with Crippen molar-refractivity contribution in [3.8, 4) is 0 Å². The first-order valence-electron chi connectivity index (χ1n) is 6.21. The molecule has 1 saturated carbocycles. The molecule has 1 fully saturated rings. The lowest BCUT2D eigenvalue weighted by molar-refractivity contribution is 0.199. The van der Waals surface area contributed by atoms with Gasteiger partial charge in [0.25, 0.3) is 0 Å². The molecule has 1 aliphatic rings. The minimum atomic E-state index is -0.511. The van der Waals surface area contributed by atoms with Gasteiger partial charge in [0.05, 0.1) is 6.10 Å². The first-order chi connectivity index (χ1) is 8.00. The van der Waals surface area contributed by atoms with Crippen LogP contribution in [0.3, 0.4) is 0 Å². The van der Waals surface area contributed by atoms with Gasteiger partial charge in [0.15, 0.2) is 0 Å². The monoisotopic (exact) mass is 253 g/mol. The van der Waals surface area contributed by atoms with Crippen molar-refractivity contribution < 1.29 is 5.11 Å². The van der Waals surface area contributed by atoms with Crippen molar-refractivity contribution in [1.29, 1.82) is 0 Å². The molecule has 1 aromatic rings. The molecular weight excluding hydrogens is 234 g/mol. The first-order valence-corrected chi connectivity index (χ1v) is 6.59. The second kappa shape index (κ2) is 4.87. The summed E-state index contributed by atoms with van der Waals surface area (Å²) in [4.78, 5) is 2.27. The van der Waals surface area contributed by atoms with Gasteiger partial charge in [0.1, 0.15) is 0 Å². The van der Waals surface area contributed by atoms with Gasteiger partial charge in [-0.3, -0.25) is 0 Å². The van der Waals surface area contributed by atoms with Crippen LogP contribution in [0.1, 0.15) is 38.4 Å². The molecule has 0 bridgehead atoms. The zero-order valence-corrected chi connectivity index (χ0v) is 11.4. The third-order valence-corrected chi connectivity index (χ3v) is 4.08. The lowest BCUT2D eigenvalue weighted by Crippen LogP contribution is -2.30. The Bertz CT molecular complexity index is 401. The summed E-state index contributed by atoms with van der Waals surface area (Å²) in [6, 6.07) is 6.46. The fraction of sp³-hybridized carbons (Fsp3) is 0.571. The highest BCUT2D eigenvalue weighted by Gasteiger charge is 2.30. The van der Waals surface area contributed by atoms with E-state index >= 15 is 0 Å². The molecular formula is C14H20ClNO. The van der Waals surface area contributed by atoms with E-state index in [1.54, 1.807) is 6.92 Å². The fourth-order valence-electron chi connectivity index (χ4n) is 2.20. The Hall–Kier alpha value is -0.730. The Kier molecular flexibility index (Phi) is 3.64. The summed E-state index contributed by atoms with van der Waals surface area (Å²) < 4.78 is 0. The van der Waals surface area contributed by atoms with Gasteiger partial charge in [-0.05, 0) is 50.3 Å². The van der Waals surface area contributed by atoms with Crippen LogP contribution in [0.15, 0.2) is 18.2 Å². The molecule has 1 N–H and O–H groups in total. The predicted octanol–water partition coefficient (Wildman–Crippen LogP) is 3.63. The molecule has 0 spiro atoms. The van der Waals surface area contributed by atoms with Crippen LogP contribution in [0, 0.1) is 5.92 Å². The van der Waals surface area contributed by atoms with Gasteiger partial charge in [-0.25, -0.2) is 0 Å². The second-order valence-electron chi connectivity index (χ2n) is 5.07. The van der Waals surface area contributed by atoms with E-state index in [9.17, 15) is 5.11 Å². The third-order valence-electron chi connectivity index (χ3n) is 3.76. The summed E-state index contributed by atoms with van der Waals surface area (Å²) in [5.74, 6) is 0.829. The van der Waals surface area contributed by atoms with Crippen LogP contribution in [-0.2, 0) is 0 Å². The van der Waals surface area contributed by atoms with Gasteiger partial charge in [-0.1, -0.05) is 17.7 Å². The summed E-state index contributed by atoms with van der Waals surface area (Å²) in [6.45, 7) is 3.99. The van der Waals surface area contributed by atoms with E-state index in [1.165, 1.54) is 12.8 Å². The lowest BCUT2D eigenvalue weighted by atomic mass is 10.1. The van der Waals surface area contributed by atoms with Gasteiger partial charge >= 0.3 is 0 Å². The maximum Gasteiger partial charge on any atom is 0.0776 e. The molecule has 0 radical (unpaired) electrons. The van der Waals surface area contributed by atoms with Crippen LogP contribution < -0.4 is 4.90 Å². The zero-order chi connectivity index (χ0) is 12.6. The van der Waals surface area contributed by atoms with Gasteiger partial charge < -0.3 is 10.0 Å². The van der Waals surface area contributed by atoms with Crippen molar-refractivity contribution >= 4 is 17.3 Å². The van der Waals surface area contributed by atoms with Crippen molar-refractivity contribution in [2.45, 2.75) is 38.8 Å². The fourth-order valence-corrected chi connectivity index (χ4v) is 2.54. The molecule has 3 heteroatoms. The average Bonchev–Trinajstić information content (AvgIpc) is 3.10. The number of aliphatic hydroxyl groups is 1. The molecule has 0 aromatic heterocycles. The van der Waals surface area contributed by atoms with Crippen molar-refractivity contribution in [1.82, 2.24) is 0 Å². The number of hydrogen-bond donors (Lipinski definition) is 1. The molecule has 0 aliphatic heterocycles. The number of halogens is 1. The van der Waals surface area contributed by atoms with Crippen molar-refractivity contribution in [3.63, 3.8) is 0 Å². The number of anilines is 1. The number of nitrogens with zero attached hydrogens (tertiary/aromatic N) is 1. The van der Waals surface area contributed by atoms with Crippen LogP contribution >= 0.6 is 11.6 Å². The van der Waals surface area contributed by atoms with E-state index in [1.807, 2.05) is 18.2 Å². The van der Waals surface area contributed by atoms with Crippen LogP contribution in [0.25, 0.3) is 0 Å². The lowest BCUT2D eigenvalue weighted by Gasteiger charge is -2.27. The minimum absolute atomic E-state index is 0.511. The van der Waals surface area contributed by atoms with Crippen molar-refractivity contribution in [3.05, 3.63) is 28.8 Å². The van der Waals surface area contributed by atoms with Crippen molar-refractivity contribution in [2.24, 2.45) is 5.92 Å². The summed E-state index contributed by atoms with van der Waals surface area (Å²) in [7, 11) is 2.11. The molecule has 2 rings (SSSR count). The van der Waals surface area contributed by atoms with Crippen LogP contribution in [0.5, 0.6) is 0 Å². The largest absolute Gasteiger partial charge is 0.389 e. The summed E-state index contributed by atoms with van der Waals surface area (Å²) in [5.41, 5.74) is 1.92. The molecule has 2 unspecified atom stereocenters. The number of aliphatic hydroxyl groups excluding tert-OH is 1. The molecule has 1 aromatic carbocycles. The van der Waals surface area contributed by atoms with E-state index in [-0.39, 0.29) is 0 Å². The maximum absolute atomic E-state index is 9.54. The van der Waals surface area contributed by atoms with Crippen molar-refractivity contribution in [2.75, 3.05) is 11.9 Å². The molecule has 0 saturated heterocycles. The van der Waals surface area contributed by atoms with E-state index < -0.39 is 6.10 Å². The van der Waals surface area contributed by atoms with Gasteiger partial charge in [0, 0.05) is 23.8 Å². The Morgan fingerprint density at radius 2 is 2.00 bits per heavy atom. The van der Waals surface area contributed by atoms with Crippen LogP contribution in [-0.4, -0.2) is 18.2 Å². The topological polar surface area (TPSA) is 23.5 Å². The Balaban J connectivity index is 2.18. The van der Waals surface area contributed by atoms with Gasteiger partial charge in [0.2, 0.25) is 0 Å². The molecule has 0 heterocycles. The molecule has 2 atom stereocenters. The van der Waals surface area contributed by atoms with Crippen LogP contribution in [0.4, 0.5) is 5.69 Å². The normalized spacial score (nSPS) is 18.9. The molecule has 17 heavy (non-hydrogen) atoms. The Morgan fingerprint density at radius 3 is 2.47 bits per heavy atom. The minimum Gasteiger partial charge on any atom is -0.389 e. The highest BCUT2D eigenvalue weighted by molar-refractivity contribution is 6.31. The van der Waals surface area contributed by atoms with E-state index in [4.69, 9.17) is 11.6 Å². The molecule has 1 aliphatic carbocycles. The number of benzene rings is 1. The third kappa shape index (κ3) is 2.75. The molecule has 2 nitrogen and oxygen atoms in total. The quantitative estimate of drug-likeness (QED) is 0.886. The molecule has 94 valence electrons. The summed E-state index contributed by atoms with van der Waals surface area (Å²) in [6.07, 6.45) is 2.17. The maximum atomic E-state index is 9.54. The van der Waals surface area contributed by atoms with E-state index in [2.05, 4.69) is 18.9 Å². The molecule has 0 amide bonds. The summed E-state index contributed by atoms with van der Waals surface area (Å²) in [5, 5.41) is 10.2. The Morgan fingerprint density at radius 1 is 1.35 bits per heavy atom. The predicted molar refractivity (Wildman–Crippen MR) is 72.7 cm³/mol. The number of hydrogen-bond acceptors (Lipinski definition) is 2. The highest BCUT2D eigenvalue weighted by atomic mass is 35.5. The smallest absolute Gasteiger partial charge is 0.0776 e. The second-order valence-corrected chi connectivity index (χ2v) is 5.48. The van der Waals surface area contributed by atoms with Gasteiger partial charge in [-0.2, -0.15) is 0 Å². The zero-order valence-electron chi connectivity index (χ0n) is 10.7. The van der Waals surface area contributed by atoms with Gasteiger partial charge in [-0.15, -0.1) is 0 Å². The summed E-state index contributed by atoms with van der Waals surface area (Å²) >= 11 is 6.18. The van der Waals surface area contributed by atoms with E-state index in [0.717, 1.165) is 17.2 Å². The first kappa shape index (κ1) is 12.7.